The summed E-state index contributed by atoms with van der Waals surface area (Å²) >= 11 is 0. The molecule has 152 valence electrons. The van der Waals surface area contributed by atoms with E-state index in [9.17, 15) is 9.59 Å². The first-order valence-corrected chi connectivity index (χ1v) is 10.2. The molecule has 2 aromatic carbocycles. The standard InChI is InChI=1S/C24H29N3O2/c1-6-10-22(28)26(5)21(7-2)23-25-20-12-9-8-11-19(20)24(29)27(23)18-14-13-16(3)17(4)15-18/h8-9,11-15,21H,6-7,10H2,1-5H3. The zero-order valence-electron chi connectivity index (χ0n) is 17.9. The maximum atomic E-state index is 13.5. The summed E-state index contributed by atoms with van der Waals surface area (Å²) in [6.07, 6.45) is 1.94. The molecule has 1 amide bonds. The lowest BCUT2D eigenvalue weighted by molar-refractivity contribution is -0.132. The van der Waals surface area contributed by atoms with Crippen LogP contribution in [0.15, 0.2) is 47.3 Å². The highest BCUT2D eigenvalue weighted by Gasteiger charge is 2.26. The van der Waals surface area contributed by atoms with Crippen molar-refractivity contribution >= 4 is 16.8 Å². The van der Waals surface area contributed by atoms with Crippen molar-refractivity contribution in [2.75, 3.05) is 7.05 Å². The SMILES string of the molecule is CCCC(=O)N(C)C(CC)c1nc2ccccc2c(=O)n1-c1ccc(C)c(C)c1. The van der Waals surface area contributed by atoms with Gasteiger partial charge in [0.25, 0.3) is 5.56 Å². The number of nitrogens with zero attached hydrogens (tertiary/aromatic N) is 3. The summed E-state index contributed by atoms with van der Waals surface area (Å²) in [5.41, 5.74) is 3.60. The molecule has 0 fully saturated rings. The highest BCUT2D eigenvalue weighted by molar-refractivity contribution is 5.79. The normalized spacial score (nSPS) is 12.2. The number of amides is 1. The summed E-state index contributed by atoms with van der Waals surface area (Å²) in [6.45, 7) is 8.10. The van der Waals surface area contributed by atoms with Crippen LogP contribution in [-0.2, 0) is 4.79 Å². The average Bonchev–Trinajstić information content (AvgIpc) is 2.71. The first-order valence-electron chi connectivity index (χ1n) is 10.2. The fourth-order valence-corrected chi connectivity index (χ4v) is 3.68. The van der Waals surface area contributed by atoms with Crippen molar-refractivity contribution in [2.45, 2.75) is 53.0 Å². The van der Waals surface area contributed by atoms with Gasteiger partial charge in [0.2, 0.25) is 5.91 Å². The van der Waals surface area contributed by atoms with E-state index in [1.165, 1.54) is 5.56 Å². The Balaban J connectivity index is 2.30. The van der Waals surface area contributed by atoms with Crippen LogP contribution in [0.5, 0.6) is 0 Å². The van der Waals surface area contributed by atoms with Gasteiger partial charge < -0.3 is 4.90 Å². The Morgan fingerprint density at radius 2 is 1.83 bits per heavy atom. The maximum absolute atomic E-state index is 13.5. The van der Waals surface area contributed by atoms with Crippen LogP contribution in [0.25, 0.3) is 16.6 Å². The third kappa shape index (κ3) is 3.95. The second-order valence-electron chi connectivity index (χ2n) is 7.57. The number of carbonyl (C=O) groups excluding carboxylic acids is 1. The van der Waals surface area contributed by atoms with E-state index >= 15 is 0 Å². The fourth-order valence-electron chi connectivity index (χ4n) is 3.68. The Bertz CT molecular complexity index is 1100. The van der Waals surface area contributed by atoms with Gasteiger partial charge in [-0.2, -0.15) is 0 Å². The Morgan fingerprint density at radius 3 is 2.48 bits per heavy atom. The zero-order chi connectivity index (χ0) is 21.1. The van der Waals surface area contributed by atoms with E-state index in [2.05, 4.69) is 0 Å². The van der Waals surface area contributed by atoms with Crippen molar-refractivity contribution in [3.05, 3.63) is 69.8 Å². The van der Waals surface area contributed by atoms with Crippen LogP contribution in [0.2, 0.25) is 0 Å². The molecule has 3 rings (SSSR count). The van der Waals surface area contributed by atoms with Gasteiger partial charge in [0, 0.05) is 13.5 Å². The third-order valence-electron chi connectivity index (χ3n) is 5.56. The van der Waals surface area contributed by atoms with E-state index in [-0.39, 0.29) is 17.5 Å². The van der Waals surface area contributed by atoms with Crippen LogP contribution < -0.4 is 5.56 Å². The maximum Gasteiger partial charge on any atom is 0.266 e. The van der Waals surface area contributed by atoms with Gasteiger partial charge in [-0.1, -0.05) is 32.0 Å². The van der Waals surface area contributed by atoms with Crippen molar-refractivity contribution in [1.29, 1.82) is 0 Å². The van der Waals surface area contributed by atoms with E-state index in [0.29, 0.717) is 29.6 Å². The number of aryl methyl sites for hydroxylation is 2. The Labute approximate surface area is 172 Å². The van der Waals surface area contributed by atoms with E-state index < -0.39 is 0 Å². The van der Waals surface area contributed by atoms with Gasteiger partial charge in [0.15, 0.2) is 0 Å². The molecule has 0 aliphatic heterocycles. The third-order valence-corrected chi connectivity index (χ3v) is 5.56. The van der Waals surface area contributed by atoms with Crippen LogP contribution in [0, 0.1) is 13.8 Å². The second-order valence-corrected chi connectivity index (χ2v) is 7.57. The summed E-state index contributed by atoms with van der Waals surface area (Å²) < 4.78 is 1.68. The van der Waals surface area contributed by atoms with Crippen molar-refractivity contribution in [1.82, 2.24) is 14.5 Å². The molecule has 0 bridgehead atoms. The van der Waals surface area contributed by atoms with Crippen LogP contribution in [-0.4, -0.2) is 27.4 Å². The molecule has 5 heteroatoms. The largest absolute Gasteiger partial charge is 0.336 e. The molecule has 0 N–H and O–H groups in total. The van der Waals surface area contributed by atoms with E-state index in [4.69, 9.17) is 4.98 Å². The summed E-state index contributed by atoms with van der Waals surface area (Å²) in [4.78, 5) is 32.7. The minimum absolute atomic E-state index is 0.0633. The minimum Gasteiger partial charge on any atom is -0.336 e. The zero-order valence-corrected chi connectivity index (χ0v) is 17.9. The molecule has 1 atom stereocenters. The van der Waals surface area contributed by atoms with Gasteiger partial charge in [-0.05, 0) is 62.1 Å². The molecule has 1 heterocycles. The molecule has 0 aliphatic rings. The van der Waals surface area contributed by atoms with E-state index in [1.54, 1.807) is 22.6 Å². The van der Waals surface area contributed by atoms with Crippen LogP contribution >= 0.6 is 0 Å². The lowest BCUT2D eigenvalue weighted by Gasteiger charge is -2.29. The molecule has 1 unspecified atom stereocenters. The first-order chi connectivity index (χ1) is 13.9. The van der Waals surface area contributed by atoms with Gasteiger partial charge in [-0.25, -0.2) is 4.98 Å². The summed E-state index contributed by atoms with van der Waals surface area (Å²) in [7, 11) is 1.80. The van der Waals surface area contributed by atoms with Crippen molar-refractivity contribution < 1.29 is 4.79 Å². The predicted octanol–water partition coefficient (Wildman–Crippen LogP) is 4.71. The van der Waals surface area contributed by atoms with Crippen LogP contribution in [0.1, 0.15) is 56.1 Å². The topological polar surface area (TPSA) is 55.2 Å². The Morgan fingerprint density at radius 1 is 1.10 bits per heavy atom. The average molecular weight is 392 g/mol. The van der Waals surface area contributed by atoms with Crippen LogP contribution in [0.3, 0.4) is 0 Å². The van der Waals surface area contributed by atoms with Gasteiger partial charge in [0.1, 0.15) is 5.82 Å². The molecular weight excluding hydrogens is 362 g/mol. The van der Waals surface area contributed by atoms with E-state index in [0.717, 1.165) is 17.7 Å². The lowest BCUT2D eigenvalue weighted by Crippen LogP contribution is -2.35. The number of rotatable bonds is 6. The smallest absolute Gasteiger partial charge is 0.266 e. The summed E-state index contributed by atoms with van der Waals surface area (Å²) in [5.74, 6) is 0.666. The number of para-hydroxylation sites is 1. The number of hydrogen-bond donors (Lipinski definition) is 0. The first kappa shape index (κ1) is 20.8. The van der Waals surface area contributed by atoms with Gasteiger partial charge in [-0.3, -0.25) is 14.2 Å². The number of carbonyl (C=O) groups is 1. The molecule has 0 radical (unpaired) electrons. The highest BCUT2D eigenvalue weighted by atomic mass is 16.2. The molecule has 0 spiro atoms. The number of hydrogen-bond acceptors (Lipinski definition) is 3. The van der Waals surface area contributed by atoms with Gasteiger partial charge >= 0.3 is 0 Å². The van der Waals surface area contributed by atoms with E-state index in [1.807, 2.05) is 64.1 Å². The molecule has 29 heavy (non-hydrogen) atoms. The molecule has 3 aromatic rings. The van der Waals surface area contributed by atoms with Crippen molar-refractivity contribution in [3.63, 3.8) is 0 Å². The number of aromatic nitrogens is 2. The quantitative estimate of drug-likeness (QED) is 0.611. The fraction of sp³-hybridized carbons (Fsp3) is 0.375. The lowest BCUT2D eigenvalue weighted by atomic mass is 10.1. The van der Waals surface area contributed by atoms with Crippen molar-refractivity contribution in [2.24, 2.45) is 0 Å². The molecular formula is C24H29N3O2. The van der Waals surface area contributed by atoms with Gasteiger partial charge in [-0.15, -0.1) is 0 Å². The van der Waals surface area contributed by atoms with Crippen LogP contribution in [0.4, 0.5) is 0 Å². The highest BCUT2D eigenvalue weighted by Crippen LogP contribution is 2.26. The summed E-state index contributed by atoms with van der Waals surface area (Å²) in [6, 6.07) is 13.1. The monoisotopic (exact) mass is 391 g/mol. The molecule has 0 saturated heterocycles. The van der Waals surface area contributed by atoms with Crippen molar-refractivity contribution in [3.8, 4) is 5.69 Å². The Kier molecular flexibility index (Phi) is 6.16. The molecule has 5 nitrogen and oxygen atoms in total. The Hall–Kier alpha value is -2.95. The second kappa shape index (κ2) is 8.60. The molecule has 0 aliphatic carbocycles. The molecule has 0 saturated carbocycles. The minimum atomic E-state index is -0.284. The molecule has 1 aromatic heterocycles. The summed E-state index contributed by atoms with van der Waals surface area (Å²) in [5, 5.41) is 0.576. The number of fused-ring (bicyclic) bond motifs is 1. The number of benzene rings is 2. The predicted molar refractivity (Wildman–Crippen MR) is 118 cm³/mol. The van der Waals surface area contributed by atoms with Gasteiger partial charge in [0.05, 0.1) is 22.6 Å².